The first-order valence-corrected chi connectivity index (χ1v) is 8.15. The third-order valence-electron chi connectivity index (χ3n) is 4.15. The number of rotatable bonds is 2. The Labute approximate surface area is 134 Å². The normalized spacial score (nSPS) is 15.7. The van der Waals surface area contributed by atoms with Gasteiger partial charge in [-0.1, -0.05) is 19.3 Å². The summed E-state index contributed by atoms with van der Waals surface area (Å²) in [6.45, 7) is 1.90. The van der Waals surface area contributed by atoms with Crippen LogP contribution in [-0.2, 0) is 0 Å². The lowest BCUT2D eigenvalue weighted by Crippen LogP contribution is -2.38. The highest BCUT2D eigenvalue weighted by Gasteiger charge is 2.14. The van der Waals surface area contributed by atoms with Crippen LogP contribution < -0.4 is 16.3 Å². The van der Waals surface area contributed by atoms with Crippen LogP contribution in [0, 0.1) is 6.92 Å². The molecular weight excluding hydrogens is 296 g/mol. The van der Waals surface area contributed by atoms with Gasteiger partial charge in [0, 0.05) is 29.2 Å². The third-order valence-corrected chi connectivity index (χ3v) is 4.37. The van der Waals surface area contributed by atoms with Crippen LogP contribution in [-0.4, -0.2) is 11.2 Å². The summed E-state index contributed by atoms with van der Waals surface area (Å²) < 4.78 is 5.26. The van der Waals surface area contributed by atoms with Gasteiger partial charge in [0.15, 0.2) is 5.11 Å². The minimum Gasteiger partial charge on any atom is -0.423 e. The summed E-state index contributed by atoms with van der Waals surface area (Å²) in [5, 5.41) is 8.11. The SMILES string of the molecule is Cc1cc(=O)oc2cc(NC(=S)NC3CCCCC3)ccc12. The molecule has 0 unspecified atom stereocenters. The quantitative estimate of drug-likeness (QED) is 0.653. The molecule has 2 N–H and O–H groups in total. The van der Waals surface area contributed by atoms with Crippen LogP contribution in [0.3, 0.4) is 0 Å². The molecule has 3 rings (SSSR count). The van der Waals surface area contributed by atoms with E-state index in [2.05, 4.69) is 10.6 Å². The fourth-order valence-corrected chi connectivity index (χ4v) is 3.29. The Hall–Kier alpha value is -1.88. The van der Waals surface area contributed by atoms with E-state index in [0.29, 0.717) is 16.7 Å². The molecule has 22 heavy (non-hydrogen) atoms. The van der Waals surface area contributed by atoms with Gasteiger partial charge in [0.1, 0.15) is 5.58 Å². The molecule has 0 bridgehead atoms. The molecule has 4 nitrogen and oxygen atoms in total. The molecule has 0 atom stereocenters. The summed E-state index contributed by atoms with van der Waals surface area (Å²) in [6.07, 6.45) is 6.20. The number of benzene rings is 1. The lowest BCUT2D eigenvalue weighted by molar-refractivity contribution is 0.415. The molecule has 0 radical (unpaired) electrons. The van der Waals surface area contributed by atoms with E-state index in [0.717, 1.165) is 16.6 Å². The second-order valence-corrected chi connectivity index (χ2v) is 6.30. The van der Waals surface area contributed by atoms with Gasteiger partial charge in [0.25, 0.3) is 0 Å². The standard InChI is InChI=1S/C17H20N2O2S/c1-11-9-16(20)21-15-10-13(7-8-14(11)15)19-17(22)18-12-5-3-2-4-6-12/h7-10,12H,2-6H2,1H3,(H2,18,19,22). The molecule has 1 aliphatic rings. The molecule has 1 aromatic heterocycles. The van der Waals surface area contributed by atoms with Gasteiger partial charge in [-0.25, -0.2) is 4.79 Å². The van der Waals surface area contributed by atoms with Crippen molar-refractivity contribution in [2.24, 2.45) is 0 Å². The molecule has 2 aromatic rings. The summed E-state index contributed by atoms with van der Waals surface area (Å²) >= 11 is 5.38. The van der Waals surface area contributed by atoms with E-state index in [1.807, 2.05) is 25.1 Å². The van der Waals surface area contributed by atoms with E-state index in [1.165, 1.54) is 38.2 Å². The first kappa shape index (κ1) is 15.0. The Bertz CT molecular complexity index is 748. The van der Waals surface area contributed by atoms with Crippen molar-refractivity contribution < 1.29 is 4.42 Å². The Kier molecular flexibility index (Phi) is 4.43. The lowest BCUT2D eigenvalue weighted by Gasteiger charge is -2.24. The van der Waals surface area contributed by atoms with Gasteiger partial charge in [-0.05, 0) is 49.7 Å². The van der Waals surface area contributed by atoms with Gasteiger partial charge >= 0.3 is 5.63 Å². The van der Waals surface area contributed by atoms with Crippen molar-refractivity contribution in [3.63, 3.8) is 0 Å². The molecule has 0 amide bonds. The average molecular weight is 316 g/mol. The molecule has 0 spiro atoms. The van der Waals surface area contributed by atoms with E-state index >= 15 is 0 Å². The molecule has 0 aliphatic heterocycles. The number of hydrogen-bond acceptors (Lipinski definition) is 3. The molecule has 0 saturated heterocycles. The Morgan fingerprint density at radius 2 is 2.00 bits per heavy atom. The maximum Gasteiger partial charge on any atom is 0.336 e. The second kappa shape index (κ2) is 6.48. The summed E-state index contributed by atoms with van der Waals surface area (Å²) in [5.74, 6) is 0. The monoisotopic (exact) mass is 316 g/mol. The zero-order valence-corrected chi connectivity index (χ0v) is 13.5. The van der Waals surface area contributed by atoms with Crippen molar-refractivity contribution in [2.45, 2.75) is 45.1 Å². The number of aryl methyl sites for hydroxylation is 1. The highest BCUT2D eigenvalue weighted by atomic mass is 32.1. The van der Waals surface area contributed by atoms with Gasteiger partial charge < -0.3 is 15.1 Å². The minimum atomic E-state index is -0.329. The number of fused-ring (bicyclic) bond motifs is 1. The summed E-state index contributed by atoms with van der Waals surface area (Å²) in [4.78, 5) is 11.5. The van der Waals surface area contributed by atoms with E-state index in [-0.39, 0.29) is 5.63 Å². The van der Waals surface area contributed by atoms with Crippen LogP contribution in [0.4, 0.5) is 5.69 Å². The van der Waals surface area contributed by atoms with E-state index < -0.39 is 0 Å². The number of thiocarbonyl (C=S) groups is 1. The fraction of sp³-hybridized carbons (Fsp3) is 0.412. The van der Waals surface area contributed by atoms with Gasteiger partial charge in [0.2, 0.25) is 0 Å². The highest BCUT2D eigenvalue weighted by Crippen LogP contribution is 2.21. The molecule has 1 heterocycles. The van der Waals surface area contributed by atoms with Crippen molar-refractivity contribution in [1.82, 2.24) is 5.32 Å². The number of hydrogen-bond donors (Lipinski definition) is 2. The lowest BCUT2D eigenvalue weighted by atomic mass is 9.96. The molecule has 5 heteroatoms. The molecule has 1 aliphatic carbocycles. The zero-order chi connectivity index (χ0) is 15.5. The zero-order valence-electron chi connectivity index (χ0n) is 12.6. The van der Waals surface area contributed by atoms with Gasteiger partial charge in [-0.3, -0.25) is 0 Å². The van der Waals surface area contributed by atoms with Crippen LogP contribution in [0.25, 0.3) is 11.0 Å². The maximum atomic E-state index is 11.5. The highest BCUT2D eigenvalue weighted by molar-refractivity contribution is 7.80. The van der Waals surface area contributed by atoms with Gasteiger partial charge in [0.05, 0.1) is 0 Å². The first-order valence-electron chi connectivity index (χ1n) is 7.74. The number of nitrogens with one attached hydrogen (secondary N) is 2. The predicted octanol–water partition coefficient (Wildman–Crippen LogP) is 3.72. The minimum absolute atomic E-state index is 0.329. The van der Waals surface area contributed by atoms with Crippen molar-refractivity contribution in [3.8, 4) is 0 Å². The van der Waals surface area contributed by atoms with Gasteiger partial charge in [-0.2, -0.15) is 0 Å². The van der Waals surface area contributed by atoms with Crippen LogP contribution in [0.15, 0.2) is 33.5 Å². The largest absolute Gasteiger partial charge is 0.423 e. The second-order valence-electron chi connectivity index (χ2n) is 5.89. The van der Waals surface area contributed by atoms with E-state index in [4.69, 9.17) is 16.6 Å². The van der Waals surface area contributed by atoms with Crippen LogP contribution in [0.2, 0.25) is 0 Å². The molecule has 1 saturated carbocycles. The predicted molar refractivity (Wildman–Crippen MR) is 93.5 cm³/mol. The molecule has 1 fully saturated rings. The maximum absolute atomic E-state index is 11.5. The van der Waals surface area contributed by atoms with Crippen molar-refractivity contribution >= 4 is 34.0 Å². The Morgan fingerprint density at radius 3 is 2.77 bits per heavy atom. The third kappa shape index (κ3) is 3.47. The van der Waals surface area contributed by atoms with Crippen molar-refractivity contribution in [1.29, 1.82) is 0 Å². The fourth-order valence-electron chi connectivity index (χ4n) is 3.00. The average Bonchev–Trinajstić information content (AvgIpc) is 2.47. The first-order chi connectivity index (χ1) is 10.6. The number of anilines is 1. The Balaban J connectivity index is 1.73. The van der Waals surface area contributed by atoms with E-state index in [9.17, 15) is 4.79 Å². The smallest absolute Gasteiger partial charge is 0.336 e. The Morgan fingerprint density at radius 1 is 1.23 bits per heavy atom. The van der Waals surface area contributed by atoms with Crippen molar-refractivity contribution in [3.05, 3.63) is 40.2 Å². The van der Waals surface area contributed by atoms with Crippen LogP contribution in [0.1, 0.15) is 37.7 Å². The molecular formula is C17H20N2O2S. The van der Waals surface area contributed by atoms with Crippen LogP contribution in [0.5, 0.6) is 0 Å². The summed E-state index contributed by atoms with van der Waals surface area (Å²) in [5.41, 5.74) is 2.00. The molecule has 116 valence electrons. The topological polar surface area (TPSA) is 54.3 Å². The van der Waals surface area contributed by atoms with Crippen LogP contribution >= 0.6 is 12.2 Å². The van der Waals surface area contributed by atoms with Crippen molar-refractivity contribution in [2.75, 3.05) is 5.32 Å². The molecule has 1 aromatic carbocycles. The van der Waals surface area contributed by atoms with E-state index in [1.54, 1.807) is 0 Å². The van der Waals surface area contributed by atoms with Gasteiger partial charge in [-0.15, -0.1) is 0 Å². The summed E-state index contributed by atoms with van der Waals surface area (Å²) in [6, 6.07) is 7.68. The summed E-state index contributed by atoms with van der Waals surface area (Å²) in [7, 11) is 0.